The Balaban J connectivity index is 2.14. The Morgan fingerprint density at radius 3 is 2.65 bits per heavy atom. The van der Waals surface area contributed by atoms with Crippen LogP contribution in [-0.4, -0.2) is 43.5 Å². The first kappa shape index (κ1) is 12.6. The van der Waals surface area contributed by atoms with Crippen molar-refractivity contribution in [3.05, 3.63) is 41.9 Å². The van der Waals surface area contributed by atoms with Crippen LogP contribution in [0.3, 0.4) is 0 Å². The van der Waals surface area contributed by atoms with Gasteiger partial charge in [-0.25, -0.2) is 0 Å². The van der Waals surface area contributed by atoms with E-state index in [0.29, 0.717) is 0 Å². The third-order valence-electron chi connectivity index (χ3n) is 3.44. The van der Waals surface area contributed by atoms with Crippen LogP contribution in [0.1, 0.15) is 25.0 Å². The minimum absolute atomic E-state index is 0.248. The zero-order chi connectivity index (χ0) is 12.5. The van der Waals surface area contributed by atoms with Gasteiger partial charge in [0.2, 0.25) is 0 Å². The first-order valence-corrected chi connectivity index (χ1v) is 6.32. The summed E-state index contributed by atoms with van der Waals surface area (Å²) in [5.74, 6) is 0. The lowest BCUT2D eigenvalue weighted by molar-refractivity contribution is 0.232. The number of benzene rings is 1. The second-order valence-corrected chi connectivity index (χ2v) is 5.87. The Morgan fingerprint density at radius 2 is 1.94 bits per heavy atom. The predicted molar refractivity (Wildman–Crippen MR) is 73.0 cm³/mol. The molecule has 0 saturated carbocycles. The summed E-state index contributed by atoms with van der Waals surface area (Å²) in [6.07, 6.45) is 0. The molecule has 17 heavy (non-hydrogen) atoms. The normalized spacial score (nSPS) is 19.4. The van der Waals surface area contributed by atoms with E-state index in [1.807, 2.05) is 0 Å². The SMILES string of the molecule is CN(C)CCN1[CH]c2ccccc2C(C)(C)C1. The molecule has 1 aliphatic heterocycles. The molecule has 1 aliphatic rings. The van der Waals surface area contributed by atoms with E-state index in [9.17, 15) is 0 Å². The topological polar surface area (TPSA) is 6.48 Å². The highest BCUT2D eigenvalue weighted by Crippen LogP contribution is 2.33. The number of hydrogen-bond acceptors (Lipinski definition) is 2. The van der Waals surface area contributed by atoms with Crippen molar-refractivity contribution in [2.45, 2.75) is 19.3 Å². The van der Waals surface area contributed by atoms with Crippen LogP contribution < -0.4 is 0 Å². The van der Waals surface area contributed by atoms with Crippen LogP contribution in [0, 0.1) is 6.54 Å². The highest BCUT2D eigenvalue weighted by atomic mass is 15.2. The molecule has 93 valence electrons. The van der Waals surface area contributed by atoms with Gasteiger partial charge in [-0.05, 0) is 25.2 Å². The van der Waals surface area contributed by atoms with E-state index >= 15 is 0 Å². The minimum atomic E-state index is 0.248. The van der Waals surface area contributed by atoms with Crippen LogP contribution in [-0.2, 0) is 5.41 Å². The van der Waals surface area contributed by atoms with Crippen LogP contribution in [0.4, 0.5) is 0 Å². The highest BCUT2D eigenvalue weighted by molar-refractivity contribution is 5.40. The van der Waals surface area contributed by atoms with Gasteiger partial charge in [0.15, 0.2) is 0 Å². The zero-order valence-electron chi connectivity index (χ0n) is 11.4. The van der Waals surface area contributed by atoms with E-state index in [4.69, 9.17) is 0 Å². The standard InChI is InChI=1S/C15H23N2/c1-15(2)12-17(10-9-16(3)4)11-13-7-5-6-8-14(13)15/h5-8,11H,9-10,12H2,1-4H3. The molecule has 2 nitrogen and oxygen atoms in total. The van der Waals surface area contributed by atoms with Crippen molar-refractivity contribution < 1.29 is 0 Å². The van der Waals surface area contributed by atoms with Crippen LogP contribution in [0.15, 0.2) is 24.3 Å². The lowest BCUT2D eigenvalue weighted by Gasteiger charge is -2.40. The third-order valence-corrected chi connectivity index (χ3v) is 3.44. The van der Waals surface area contributed by atoms with Crippen molar-refractivity contribution in [1.82, 2.24) is 9.80 Å². The molecular weight excluding hydrogens is 208 g/mol. The van der Waals surface area contributed by atoms with Crippen molar-refractivity contribution in [3.63, 3.8) is 0 Å². The molecule has 0 unspecified atom stereocenters. The summed E-state index contributed by atoms with van der Waals surface area (Å²) in [5.41, 5.74) is 3.10. The Labute approximate surface area is 105 Å². The highest BCUT2D eigenvalue weighted by Gasteiger charge is 2.31. The van der Waals surface area contributed by atoms with E-state index in [1.165, 1.54) is 11.1 Å². The van der Waals surface area contributed by atoms with Crippen molar-refractivity contribution in [1.29, 1.82) is 0 Å². The van der Waals surface area contributed by atoms with Gasteiger partial charge in [-0.3, -0.25) is 4.90 Å². The zero-order valence-corrected chi connectivity index (χ0v) is 11.4. The van der Waals surface area contributed by atoms with E-state index in [-0.39, 0.29) is 5.41 Å². The first-order valence-electron chi connectivity index (χ1n) is 6.32. The average Bonchev–Trinajstić information content (AvgIpc) is 2.25. The van der Waals surface area contributed by atoms with E-state index in [2.05, 4.69) is 68.6 Å². The summed E-state index contributed by atoms with van der Waals surface area (Å²) < 4.78 is 0. The predicted octanol–water partition coefficient (Wildman–Crippen LogP) is 2.35. The van der Waals surface area contributed by atoms with Gasteiger partial charge in [-0.1, -0.05) is 38.1 Å². The lowest BCUT2D eigenvalue weighted by atomic mass is 9.78. The van der Waals surface area contributed by atoms with Gasteiger partial charge in [-0.2, -0.15) is 0 Å². The molecule has 2 rings (SSSR count). The van der Waals surface area contributed by atoms with Crippen LogP contribution >= 0.6 is 0 Å². The first-order chi connectivity index (χ1) is 7.99. The van der Waals surface area contributed by atoms with Crippen LogP contribution in [0.5, 0.6) is 0 Å². The van der Waals surface area contributed by atoms with Crippen LogP contribution in [0.2, 0.25) is 0 Å². The summed E-state index contributed by atoms with van der Waals surface area (Å²) in [6, 6.07) is 8.75. The van der Waals surface area contributed by atoms with Gasteiger partial charge in [-0.15, -0.1) is 0 Å². The van der Waals surface area contributed by atoms with Crippen molar-refractivity contribution in [2.75, 3.05) is 33.7 Å². The second-order valence-electron chi connectivity index (χ2n) is 5.87. The monoisotopic (exact) mass is 231 g/mol. The minimum Gasteiger partial charge on any atom is -0.308 e. The van der Waals surface area contributed by atoms with Crippen molar-refractivity contribution >= 4 is 0 Å². The fourth-order valence-corrected chi connectivity index (χ4v) is 2.53. The lowest BCUT2D eigenvalue weighted by Crippen LogP contribution is -2.43. The quantitative estimate of drug-likeness (QED) is 0.788. The summed E-state index contributed by atoms with van der Waals surface area (Å²) in [5, 5.41) is 0. The molecule has 1 radical (unpaired) electrons. The molecule has 0 N–H and O–H groups in total. The van der Waals surface area contributed by atoms with Crippen LogP contribution in [0.25, 0.3) is 0 Å². The number of likely N-dealkylation sites (N-methyl/N-ethyl adjacent to an activating group) is 1. The van der Waals surface area contributed by atoms with E-state index in [1.54, 1.807) is 0 Å². The number of fused-ring (bicyclic) bond motifs is 1. The molecule has 2 heteroatoms. The van der Waals surface area contributed by atoms with Gasteiger partial charge in [0.05, 0.1) is 6.54 Å². The van der Waals surface area contributed by atoms with E-state index in [0.717, 1.165) is 19.6 Å². The molecule has 1 heterocycles. The maximum absolute atomic E-state index is 2.45. The Bertz CT molecular complexity index is 382. The molecule has 0 aliphatic carbocycles. The fraction of sp³-hybridized carbons (Fsp3) is 0.533. The molecule has 0 spiro atoms. The fourth-order valence-electron chi connectivity index (χ4n) is 2.53. The largest absolute Gasteiger partial charge is 0.308 e. The Kier molecular flexibility index (Phi) is 3.55. The van der Waals surface area contributed by atoms with Gasteiger partial charge < -0.3 is 4.90 Å². The number of nitrogens with zero attached hydrogens (tertiary/aromatic N) is 2. The molecule has 0 amide bonds. The van der Waals surface area contributed by atoms with Gasteiger partial charge in [0, 0.05) is 25.0 Å². The molecule has 1 aromatic rings. The number of rotatable bonds is 3. The molecule has 0 fully saturated rings. The summed E-state index contributed by atoms with van der Waals surface area (Å²) in [4.78, 5) is 4.68. The molecule has 0 bridgehead atoms. The Hall–Kier alpha value is -0.860. The van der Waals surface area contributed by atoms with Gasteiger partial charge in [0.1, 0.15) is 0 Å². The number of hydrogen-bond donors (Lipinski definition) is 0. The third kappa shape index (κ3) is 2.88. The molecule has 0 saturated heterocycles. The van der Waals surface area contributed by atoms with Gasteiger partial charge >= 0.3 is 0 Å². The summed E-state index contributed by atoms with van der Waals surface area (Å²) in [6.45, 7) is 10.3. The van der Waals surface area contributed by atoms with E-state index < -0.39 is 0 Å². The van der Waals surface area contributed by atoms with Crippen molar-refractivity contribution in [3.8, 4) is 0 Å². The molecule has 0 aromatic heterocycles. The summed E-state index contributed by atoms with van der Waals surface area (Å²) >= 11 is 0. The maximum Gasteiger partial charge on any atom is 0.0549 e. The average molecular weight is 231 g/mol. The summed E-state index contributed by atoms with van der Waals surface area (Å²) in [7, 11) is 4.26. The second kappa shape index (κ2) is 4.79. The Morgan fingerprint density at radius 1 is 1.24 bits per heavy atom. The smallest absolute Gasteiger partial charge is 0.0549 e. The molecule has 0 atom stereocenters. The molecule has 1 aromatic carbocycles. The molecular formula is C15H23N2. The van der Waals surface area contributed by atoms with Crippen molar-refractivity contribution in [2.24, 2.45) is 0 Å². The van der Waals surface area contributed by atoms with Gasteiger partial charge in [0.25, 0.3) is 0 Å². The maximum atomic E-state index is 2.45.